The second-order valence-corrected chi connectivity index (χ2v) is 9.41. The second kappa shape index (κ2) is 7.82. The maximum Gasteiger partial charge on any atom is 0.191 e. The zero-order chi connectivity index (χ0) is 18.7. The summed E-state index contributed by atoms with van der Waals surface area (Å²) in [4.78, 5) is 0.279. The monoisotopic (exact) mass is 407 g/mol. The van der Waals surface area contributed by atoms with Crippen molar-refractivity contribution in [3.8, 4) is 11.4 Å². The zero-order valence-corrected chi connectivity index (χ0v) is 16.8. The first-order valence-corrected chi connectivity index (χ1v) is 11.0. The molecule has 0 bridgehead atoms. The van der Waals surface area contributed by atoms with Crippen LogP contribution >= 0.6 is 23.4 Å². The summed E-state index contributed by atoms with van der Waals surface area (Å²) in [5, 5.41) is 9.66. The Morgan fingerprint density at radius 1 is 1.08 bits per heavy atom. The Kier molecular flexibility index (Phi) is 5.70. The van der Waals surface area contributed by atoms with Crippen LogP contribution in [-0.4, -0.2) is 34.7 Å². The van der Waals surface area contributed by atoms with Gasteiger partial charge in [-0.2, -0.15) is 0 Å². The predicted molar refractivity (Wildman–Crippen MR) is 105 cm³/mol. The Bertz CT molecular complexity index is 1020. The van der Waals surface area contributed by atoms with E-state index in [1.54, 1.807) is 12.1 Å². The van der Waals surface area contributed by atoms with E-state index in [1.807, 2.05) is 42.8 Å². The number of benzene rings is 2. The highest BCUT2D eigenvalue weighted by atomic mass is 35.5. The minimum atomic E-state index is -3.35. The normalized spacial score (nSPS) is 11.7. The van der Waals surface area contributed by atoms with Gasteiger partial charge in [-0.3, -0.25) is 0 Å². The minimum Gasteiger partial charge on any atom is -0.305 e. The zero-order valence-electron chi connectivity index (χ0n) is 14.4. The maximum atomic E-state index is 12.4. The van der Waals surface area contributed by atoms with Crippen molar-refractivity contribution in [3.63, 3.8) is 0 Å². The lowest BCUT2D eigenvalue weighted by atomic mass is 10.1. The van der Waals surface area contributed by atoms with Gasteiger partial charge in [-0.05, 0) is 36.8 Å². The first kappa shape index (κ1) is 18.9. The maximum absolute atomic E-state index is 12.4. The molecule has 1 heterocycles. The molecule has 3 aromatic rings. The quantitative estimate of drug-likeness (QED) is 0.577. The Hall–Kier alpha value is -1.83. The van der Waals surface area contributed by atoms with Gasteiger partial charge in [-0.25, -0.2) is 8.42 Å². The molecule has 1 aromatic heterocycles. The van der Waals surface area contributed by atoms with Gasteiger partial charge in [0.1, 0.15) is 0 Å². The van der Waals surface area contributed by atoms with Crippen molar-refractivity contribution in [1.29, 1.82) is 0 Å². The van der Waals surface area contributed by atoms with Gasteiger partial charge in [-0.15, -0.1) is 10.2 Å². The van der Waals surface area contributed by atoms with E-state index < -0.39 is 9.84 Å². The van der Waals surface area contributed by atoms with Crippen molar-refractivity contribution in [2.75, 3.05) is 11.5 Å². The first-order chi connectivity index (χ1) is 12.4. The van der Waals surface area contributed by atoms with Crippen LogP contribution in [0.5, 0.6) is 0 Å². The lowest BCUT2D eigenvalue weighted by Gasteiger charge is -2.07. The second-order valence-electron chi connectivity index (χ2n) is 5.80. The summed E-state index contributed by atoms with van der Waals surface area (Å²) in [6, 6.07) is 14.2. The molecule has 0 radical (unpaired) electrons. The largest absolute Gasteiger partial charge is 0.305 e. The van der Waals surface area contributed by atoms with E-state index in [0.717, 1.165) is 17.0 Å². The number of sulfone groups is 1. The molecule has 0 amide bonds. The van der Waals surface area contributed by atoms with E-state index in [4.69, 9.17) is 11.6 Å². The third-order valence-electron chi connectivity index (χ3n) is 3.98. The van der Waals surface area contributed by atoms with Crippen molar-refractivity contribution < 1.29 is 8.42 Å². The Balaban J connectivity index is 1.69. The standard InChI is InChI=1S/C18H18ClN3O2S2/c1-13-5-3-4-6-16(13)17-20-21-18(22(17)2)25-11-12-26(23,24)15-9-7-14(19)8-10-15/h3-10H,11-12H2,1-2H3. The van der Waals surface area contributed by atoms with Gasteiger partial charge in [0, 0.05) is 23.4 Å². The van der Waals surface area contributed by atoms with Crippen LogP contribution in [0.15, 0.2) is 58.6 Å². The van der Waals surface area contributed by atoms with Crippen molar-refractivity contribution in [3.05, 3.63) is 59.1 Å². The van der Waals surface area contributed by atoms with Gasteiger partial charge in [0.25, 0.3) is 0 Å². The molecule has 0 aliphatic heterocycles. The summed E-state index contributed by atoms with van der Waals surface area (Å²) < 4.78 is 26.7. The van der Waals surface area contributed by atoms with E-state index in [9.17, 15) is 8.42 Å². The molecule has 0 aliphatic carbocycles. The number of nitrogens with zero attached hydrogens (tertiary/aromatic N) is 3. The summed E-state index contributed by atoms with van der Waals surface area (Å²) in [5.41, 5.74) is 2.13. The molecule has 5 nitrogen and oxygen atoms in total. The summed E-state index contributed by atoms with van der Waals surface area (Å²) in [6.07, 6.45) is 0. The molecule has 3 rings (SSSR count). The summed E-state index contributed by atoms with van der Waals surface area (Å²) in [7, 11) is -1.46. The van der Waals surface area contributed by atoms with Crippen LogP contribution in [0.2, 0.25) is 5.02 Å². The molecule has 26 heavy (non-hydrogen) atoms. The SMILES string of the molecule is Cc1ccccc1-c1nnc(SCCS(=O)(=O)c2ccc(Cl)cc2)n1C. The van der Waals surface area contributed by atoms with Crippen molar-refractivity contribution in [2.24, 2.45) is 7.05 Å². The van der Waals surface area contributed by atoms with Crippen LogP contribution < -0.4 is 0 Å². The lowest BCUT2D eigenvalue weighted by Crippen LogP contribution is -2.09. The topological polar surface area (TPSA) is 64.8 Å². The van der Waals surface area contributed by atoms with Crippen LogP contribution in [0.4, 0.5) is 0 Å². The number of rotatable bonds is 6. The van der Waals surface area contributed by atoms with E-state index >= 15 is 0 Å². The fourth-order valence-corrected chi connectivity index (χ4v) is 5.19. The molecular weight excluding hydrogens is 390 g/mol. The molecule has 0 saturated heterocycles. The highest BCUT2D eigenvalue weighted by Gasteiger charge is 2.17. The minimum absolute atomic E-state index is 0.0197. The third kappa shape index (κ3) is 4.11. The van der Waals surface area contributed by atoms with Gasteiger partial charge in [0.2, 0.25) is 0 Å². The molecule has 0 fully saturated rings. The number of hydrogen-bond donors (Lipinski definition) is 0. The van der Waals surface area contributed by atoms with E-state index in [1.165, 1.54) is 23.9 Å². The number of aryl methyl sites for hydroxylation is 1. The molecule has 2 aromatic carbocycles. The van der Waals surface area contributed by atoms with Crippen molar-refractivity contribution in [2.45, 2.75) is 17.0 Å². The van der Waals surface area contributed by atoms with E-state index in [2.05, 4.69) is 10.2 Å². The van der Waals surface area contributed by atoms with Gasteiger partial charge in [0.15, 0.2) is 20.8 Å². The molecule has 8 heteroatoms. The Morgan fingerprint density at radius 3 is 2.46 bits per heavy atom. The van der Waals surface area contributed by atoms with Crippen LogP contribution in [0, 0.1) is 6.92 Å². The predicted octanol–water partition coefficient (Wildman–Crippen LogP) is 4.01. The average molecular weight is 408 g/mol. The molecule has 0 N–H and O–H groups in total. The average Bonchev–Trinajstić information content (AvgIpc) is 2.96. The molecule has 0 unspecified atom stereocenters. The summed E-state index contributed by atoms with van der Waals surface area (Å²) in [6.45, 7) is 2.02. The van der Waals surface area contributed by atoms with Crippen LogP contribution in [0.3, 0.4) is 0 Å². The molecular formula is C18H18ClN3O2S2. The van der Waals surface area contributed by atoms with Crippen LogP contribution in [-0.2, 0) is 16.9 Å². The van der Waals surface area contributed by atoms with Gasteiger partial charge < -0.3 is 4.57 Å². The Labute approximate surface area is 162 Å². The van der Waals surface area contributed by atoms with Gasteiger partial charge in [-0.1, -0.05) is 47.6 Å². The fraction of sp³-hybridized carbons (Fsp3) is 0.222. The number of hydrogen-bond acceptors (Lipinski definition) is 5. The molecule has 0 saturated carbocycles. The summed E-state index contributed by atoms with van der Waals surface area (Å²) >= 11 is 7.19. The van der Waals surface area contributed by atoms with Crippen molar-refractivity contribution >= 4 is 33.2 Å². The molecule has 0 aliphatic rings. The lowest BCUT2D eigenvalue weighted by molar-refractivity contribution is 0.597. The van der Waals surface area contributed by atoms with Gasteiger partial charge >= 0.3 is 0 Å². The molecule has 0 spiro atoms. The first-order valence-electron chi connectivity index (χ1n) is 7.95. The third-order valence-corrected chi connectivity index (χ3v) is 7.24. The van der Waals surface area contributed by atoms with Crippen LogP contribution in [0.1, 0.15) is 5.56 Å². The smallest absolute Gasteiger partial charge is 0.191 e. The number of halogens is 1. The number of thioether (sulfide) groups is 1. The highest BCUT2D eigenvalue weighted by Crippen LogP contribution is 2.25. The Morgan fingerprint density at radius 2 is 1.77 bits per heavy atom. The van der Waals surface area contributed by atoms with Crippen LogP contribution in [0.25, 0.3) is 11.4 Å². The highest BCUT2D eigenvalue weighted by molar-refractivity contribution is 8.00. The van der Waals surface area contributed by atoms with E-state index in [-0.39, 0.29) is 10.6 Å². The number of aromatic nitrogens is 3. The van der Waals surface area contributed by atoms with E-state index in [0.29, 0.717) is 15.9 Å². The van der Waals surface area contributed by atoms with Crippen molar-refractivity contribution in [1.82, 2.24) is 14.8 Å². The fourth-order valence-electron chi connectivity index (χ4n) is 2.50. The molecule has 136 valence electrons. The van der Waals surface area contributed by atoms with Gasteiger partial charge in [0.05, 0.1) is 10.6 Å². The summed E-state index contributed by atoms with van der Waals surface area (Å²) in [5.74, 6) is 1.18. The molecule has 0 atom stereocenters.